The average Bonchev–Trinajstić information content (AvgIpc) is 1.97. The lowest BCUT2D eigenvalue weighted by atomic mass is 9.91. The predicted octanol–water partition coefficient (Wildman–Crippen LogP) is 2.27. The molecule has 1 atom stereocenters. The summed E-state index contributed by atoms with van der Waals surface area (Å²) in [7, 11) is 0. The number of halogens is 4. The van der Waals surface area contributed by atoms with Crippen molar-refractivity contribution in [3.05, 3.63) is 11.6 Å². The molecule has 6 heteroatoms. The molecule has 1 aliphatic carbocycles. The van der Waals surface area contributed by atoms with Crippen molar-refractivity contribution in [2.75, 3.05) is 0 Å². The maximum absolute atomic E-state index is 12.4. The van der Waals surface area contributed by atoms with Crippen LogP contribution in [0.4, 0.5) is 17.6 Å². The van der Waals surface area contributed by atoms with Crippen molar-refractivity contribution in [3.8, 4) is 0 Å². The molecule has 0 radical (unpaired) electrons. The van der Waals surface area contributed by atoms with E-state index in [0.29, 0.717) is 0 Å². The lowest BCUT2D eigenvalue weighted by molar-refractivity contribution is -0.181. The molecule has 0 aromatic rings. The van der Waals surface area contributed by atoms with Gasteiger partial charge in [0, 0.05) is 12.8 Å². The molecule has 0 heterocycles. The smallest absolute Gasteiger partial charge is 0.392 e. The molecule has 1 rings (SSSR count). The zero-order chi connectivity index (χ0) is 10.2. The van der Waals surface area contributed by atoms with E-state index in [2.05, 4.69) is 0 Å². The van der Waals surface area contributed by atoms with Gasteiger partial charge in [-0.15, -0.1) is 0 Å². The number of hydrogen-bond acceptors (Lipinski definition) is 2. The second-order valence-corrected chi connectivity index (χ2v) is 2.83. The number of allylic oxidation sites excluding steroid dienone is 2. The maximum Gasteiger partial charge on any atom is 0.392 e. The van der Waals surface area contributed by atoms with Crippen molar-refractivity contribution < 1.29 is 27.5 Å². The van der Waals surface area contributed by atoms with Crippen molar-refractivity contribution in [2.45, 2.75) is 19.0 Å². The molecule has 13 heavy (non-hydrogen) atoms. The molecule has 0 spiro atoms. The van der Waals surface area contributed by atoms with Gasteiger partial charge in [-0.05, 0) is 0 Å². The predicted molar refractivity (Wildman–Crippen MR) is 34.5 cm³/mol. The first-order valence-electron chi connectivity index (χ1n) is 3.50. The topological polar surface area (TPSA) is 37.3 Å². The SMILES string of the molecule is O=C1CC(C(F)(F)F)CC(O)=C1F. The number of Topliss-reactive ketones (excluding diaryl/α,β-unsaturated/α-hetero) is 1. The van der Waals surface area contributed by atoms with Gasteiger partial charge in [-0.25, -0.2) is 0 Å². The summed E-state index contributed by atoms with van der Waals surface area (Å²) in [6, 6.07) is 0. The second kappa shape index (κ2) is 3.01. The number of aliphatic hydroxyl groups is 1. The average molecular weight is 198 g/mol. The molecule has 1 aliphatic rings. The fourth-order valence-corrected chi connectivity index (χ4v) is 1.10. The number of ketones is 1. The van der Waals surface area contributed by atoms with Crippen LogP contribution in [0.2, 0.25) is 0 Å². The van der Waals surface area contributed by atoms with Crippen LogP contribution < -0.4 is 0 Å². The molecule has 0 saturated heterocycles. The van der Waals surface area contributed by atoms with Crippen LogP contribution in [0.3, 0.4) is 0 Å². The zero-order valence-electron chi connectivity index (χ0n) is 6.36. The summed E-state index contributed by atoms with van der Waals surface area (Å²) in [5.41, 5.74) is 0. The summed E-state index contributed by atoms with van der Waals surface area (Å²) in [4.78, 5) is 10.6. The minimum Gasteiger partial charge on any atom is -0.509 e. The molecule has 0 fully saturated rings. The molecular weight excluding hydrogens is 192 g/mol. The Morgan fingerprint density at radius 3 is 2.23 bits per heavy atom. The third-order valence-electron chi connectivity index (χ3n) is 1.83. The summed E-state index contributed by atoms with van der Waals surface area (Å²) in [6.07, 6.45) is -6.33. The van der Waals surface area contributed by atoms with E-state index in [1.54, 1.807) is 0 Å². The Morgan fingerprint density at radius 2 is 1.85 bits per heavy atom. The lowest BCUT2D eigenvalue weighted by Crippen LogP contribution is -2.29. The molecule has 2 nitrogen and oxygen atoms in total. The lowest BCUT2D eigenvalue weighted by Gasteiger charge is -2.22. The van der Waals surface area contributed by atoms with Gasteiger partial charge in [-0.2, -0.15) is 17.6 Å². The monoisotopic (exact) mass is 198 g/mol. The quantitative estimate of drug-likeness (QED) is 0.606. The fraction of sp³-hybridized carbons (Fsp3) is 0.571. The number of hydrogen-bond donors (Lipinski definition) is 1. The van der Waals surface area contributed by atoms with E-state index in [-0.39, 0.29) is 0 Å². The first-order chi connectivity index (χ1) is 5.82. The van der Waals surface area contributed by atoms with Crippen molar-refractivity contribution >= 4 is 5.78 Å². The highest BCUT2D eigenvalue weighted by atomic mass is 19.4. The second-order valence-electron chi connectivity index (χ2n) is 2.83. The summed E-state index contributed by atoms with van der Waals surface area (Å²) < 4.78 is 48.5. The Hall–Kier alpha value is -1.07. The molecular formula is C7H6F4O2. The van der Waals surface area contributed by atoms with Crippen LogP contribution in [0.5, 0.6) is 0 Å². The third-order valence-corrected chi connectivity index (χ3v) is 1.83. The number of carbonyl (C=O) groups is 1. The molecule has 0 aliphatic heterocycles. The Morgan fingerprint density at radius 1 is 1.31 bits per heavy atom. The van der Waals surface area contributed by atoms with Crippen LogP contribution in [0.25, 0.3) is 0 Å². The molecule has 1 N–H and O–H groups in total. The molecule has 0 saturated carbocycles. The van der Waals surface area contributed by atoms with Gasteiger partial charge in [0.25, 0.3) is 0 Å². The number of rotatable bonds is 0. The number of aliphatic hydroxyl groups excluding tert-OH is 1. The molecule has 0 amide bonds. The van der Waals surface area contributed by atoms with Gasteiger partial charge in [0.05, 0.1) is 5.92 Å². The van der Waals surface area contributed by atoms with Crippen molar-refractivity contribution in [3.63, 3.8) is 0 Å². The van der Waals surface area contributed by atoms with E-state index in [0.717, 1.165) is 0 Å². The Labute approximate surface area is 70.9 Å². The summed E-state index contributed by atoms with van der Waals surface area (Å²) in [5.74, 6) is -5.79. The normalized spacial score (nSPS) is 25.2. The first kappa shape index (κ1) is 10.0. The van der Waals surface area contributed by atoms with E-state index in [9.17, 15) is 22.4 Å². The fourth-order valence-electron chi connectivity index (χ4n) is 1.10. The van der Waals surface area contributed by atoms with Crippen LogP contribution >= 0.6 is 0 Å². The highest BCUT2D eigenvalue weighted by Crippen LogP contribution is 2.37. The molecule has 0 bridgehead atoms. The van der Waals surface area contributed by atoms with E-state index >= 15 is 0 Å². The highest BCUT2D eigenvalue weighted by molar-refractivity contribution is 5.94. The van der Waals surface area contributed by atoms with Gasteiger partial charge in [0.15, 0.2) is 5.78 Å². The summed E-state index contributed by atoms with van der Waals surface area (Å²) in [6.45, 7) is 0. The van der Waals surface area contributed by atoms with Crippen LogP contribution in [-0.4, -0.2) is 17.1 Å². The van der Waals surface area contributed by atoms with Crippen molar-refractivity contribution in [2.24, 2.45) is 5.92 Å². The molecule has 74 valence electrons. The van der Waals surface area contributed by atoms with Crippen molar-refractivity contribution in [1.82, 2.24) is 0 Å². The van der Waals surface area contributed by atoms with E-state index in [1.165, 1.54) is 0 Å². The Balaban J connectivity index is 2.86. The largest absolute Gasteiger partial charge is 0.509 e. The third kappa shape index (κ3) is 1.99. The van der Waals surface area contributed by atoms with Gasteiger partial charge >= 0.3 is 6.18 Å². The highest BCUT2D eigenvalue weighted by Gasteiger charge is 2.44. The van der Waals surface area contributed by atoms with Gasteiger partial charge in [-0.1, -0.05) is 0 Å². The summed E-state index contributed by atoms with van der Waals surface area (Å²) >= 11 is 0. The van der Waals surface area contributed by atoms with E-state index in [4.69, 9.17) is 5.11 Å². The van der Waals surface area contributed by atoms with Crippen molar-refractivity contribution in [1.29, 1.82) is 0 Å². The van der Waals surface area contributed by atoms with Crippen LogP contribution in [0, 0.1) is 5.92 Å². The minimum absolute atomic E-state index is 0.846. The zero-order valence-corrected chi connectivity index (χ0v) is 6.36. The maximum atomic E-state index is 12.4. The number of carbonyl (C=O) groups excluding carboxylic acids is 1. The standard InChI is InChI=1S/C7H6F4O2/c8-6-4(12)1-3(2-5(6)13)7(9,10)11/h3,12H,1-2H2. The van der Waals surface area contributed by atoms with Gasteiger partial charge < -0.3 is 5.11 Å². The summed E-state index contributed by atoms with van der Waals surface area (Å²) in [5, 5.41) is 8.67. The van der Waals surface area contributed by atoms with E-state index in [1.807, 2.05) is 0 Å². The molecule has 0 aromatic heterocycles. The van der Waals surface area contributed by atoms with Crippen LogP contribution in [-0.2, 0) is 4.79 Å². The van der Waals surface area contributed by atoms with Gasteiger partial charge in [-0.3, -0.25) is 4.79 Å². The van der Waals surface area contributed by atoms with Gasteiger partial charge in [0.1, 0.15) is 5.76 Å². The Bertz CT molecular complexity index is 266. The van der Waals surface area contributed by atoms with Crippen LogP contribution in [0.1, 0.15) is 12.8 Å². The number of alkyl halides is 3. The molecule has 0 aromatic carbocycles. The van der Waals surface area contributed by atoms with Gasteiger partial charge in [0.2, 0.25) is 5.83 Å². The molecule has 1 unspecified atom stereocenters. The van der Waals surface area contributed by atoms with E-state index < -0.39 is 42.3 Å². The Kier molecular flexibility index (Phi) is 2.32. The first-order valence-corrected chi connectivity index (χ1v) is 3.50. The minimum atomic E-state index is -4.57. The van der Waals surface area contributed by atoms with Crippen LogP contribution in [0.15, 0.2) is 11.6 Å².